The molecule has 2 amide bonds. The normalized spacial score (nSPS) is 16.4. The highest BCUT2D eigenvalue weighted by atomic mass is 16.2. The number of carbonyl (C=O) groups excluding carboxylic acids is 2. The molecule has 21 heavy (non-hydrogen) atoms. The summed E-state index contributed by atoms with van der Waals surface area (Å²) >= 11 is 0. The zero-order valence-corrected chi connectivity index (χ0v) is 11.7. The fourth-order valence-electron chi connectivity index (χ4n) is 2.73. The topological polar surface area (TPSA) is 49.4 Å². The number of rotatable bonds is 2. The van der Waals surface area contributed by atoms with Gasteiger partial charge in [-0.2, -0.15) is 0 Å². The molecule has 0 radical (unpaired) electrons. The van der Waals surface area contributed by atoms with Crippen molar-refractivity contribution in [2.24, 2.45) is 0 Å². The molecular weight excluding hydrogens is 264 g/mol. The zero-order chi connectivity index (χ0) is 14.8. The first-order chi connectivity index (χ1) is 10.2. The minimum absolute atomic E-state index is 0.143. The van der Waals surface area contributed by atoms with Crippen LogP contribution in [0.25, 0.3) is 0 Å². The maximum Gasteiger partial charge on any atom is 0.259 e. The van der Waals surface area contributed by atoms with Crippen molar-refractivity contribution in [1.29, 1.82) is 0 Å². The van der Waals surface area contributed by atoms with Gasteiger partial charge >= 0.3 is 0 Å². The van der Waals surface area contributed by atoms with Gasteiger partial charge in [0.1, 0.15) is 6.04 Å². The number of hydrogen-bond donors (Lipinski definition) is 1. The van der Waals surface area contributed by atoms with E-state index < -0.39 is 6.04 Å². The maximum atomic E-state index is 12.8. The molecule has 0 fully saturated rings. The van der Waals surface area contributed by atoms with Crippen LogP contribution in [0.4, 0.5) is 5.69 Å². The van der Waals surface area contributed by atoms with E-state index in [9.17, 15) is 9.59 Å². The average molecular weight is 280 g/mol. The number of benzene rings is 2. The van der Waals surface area contributed by atoms with Gasteiger partial charge < -0.3 is 5.32 Å². The lowest BCUT2D eigenvalue weighted by Crippen LogP contribution is -2.47. The summed E-state index contributed by atoms with van der Waals surface area (Å²) in [6.45, 7) is 0. The Kier molecular flexibility index (Phi) is 3.44. The zero-order valence-electron chi connectivity index (χ0n) is 11.7. The summed E-state index contributed by atoms with van der Waals surface area (Å²) in [5.74, 6) is -0.287. The van der Waals surface area contributed by atoms with Gasteiger partial charge in [0.05, 0.1) is 0 Å². The highest BCUT2D eigenvalue weighted by Gasteiger charge is 2.37. The number of para-hydroxylation sites is 1. The summed E-state index contributed by atoms with van der Waals surface area (Å²) in [5, 5.41) is 2.65. The first-order valence-corrected chi connectivity index (χ1v) is 6.90. The second-order valence-electron chi connectivity index (χ2n) is 5.00. The van der Waals surface area contributed by atoms with Crippen LogP contribution < -0.4 is 10.2 Å². The van der Waals surface area contributed by atoms with Crippen LogP contribution in [-0.2, 0) is 11.2 Å². The van der Waals surface area contributed by atoms with Crippen molar-refractivity contribution in [2.45, 2.75) is 12.5 Å². The fraction of sp³-hybridized carbons (Fsp3) is 0.176. The van der Waals surface area contributed by atoms with Crippen LogP contribution in [0.3, 0.4) is 0 Å². The highest BCUT2D eigenvalue weighted by Crippen LogP contribution is 2.33. The number of amides is 2. The lowest BCUT2D eigenvalue weighted by atomic mass is 10.1. The molecule has 1 N–H and O–H groups in total. The third-order valence-corrected chi connectivity index (χ3v) is 3.76. The molecular formula is C17H16N2O2. The highest BCUT2D eigenvalue weighted by molar-refractivity contribution is 6.11. The molecule has 0 aliphatic carbocycles. The summed E-state index contributed by atoms with van der Waals surface area (Å²) in [6.07, 6.45) is 0.550. The molecule has 1 heterocycles. The molecule has 0 unspecified atom stereocenters. The SMILES string of the molecule is CNC(=O)[C@@H]1Cc2ccccc2N1C(=O)c1ccccc1. The van der Waals surface area contributed by atoms with E-state index in [2.05, 4.69) is 5.32 Å². The number of likely N-dealkylation sites (N-methyl/N-ethyl adjacent to an activating group) is 1. The van der Waals surface area contributed by atoms with E-state index >= 15 is 0 Å². The van der Waals surface area contributed by atoms with Crippen LogP contribution in [0, 0.1) is 0 Å². The molecule has 0 saturated heterocycles. The number of carbonyl (C=O) groups is 2. The Morgan fingerprint density at radius 3 is 2.43 bits per heavy atom. The number of nitrogens with zero attached hydrogens (tertiary/aromatic N) is 1. The van der Waals surface area contributed by atoms with Crippen molar-refractivity contribution in [3.63, 3.8) is 0 Å². The molecule has 1 aliphatic rings. The second-order valence-corrected chi connectivity index (χ2v) is 5.00. The molecule has 0 saturated carbocycles. The Labute approximate surface area is 123 Å². The molecule has 0 aromatic heterocycles. The van der Waals surface area contributed by atoms with Gasteiger partial charge in [-0.1, -0.05) is 36.4 Å². The van der Waals surface area contributed by atoms with Gasteiger partial charge in [-0.25, -0.2) is 0 Å². The van der Waals surface area contributed by atoms with Crippen LogP contribution in [0.15, 0.2) is 54.6 Å². The fourth-order valence-corrected chi connectivity index (χ4v) is 2.73. The predicted octanol–water partition coefficient (Wildman–Crippen LogP) is 2.00. The minimum atomic E-state index is -0.486. The summed E-state index contributed by atoms with van der Waals surface area (Å²) in [6, 6.07) is 16.2. The smallest absolute Gasteiger partial charge is 0.259 e. The predicted molar refractivity (Wildman–Crippen MR) is 81.3 cm³/mol. The number of fused-ring (bicyclic) bond motifs is 1. The molecule has 2 aromatic rings. The average Bonchev–Trinajstić information content (AvgIpc) is 2.93. The Hall–Kier alpha value is -2.62. The first-order valence-electron chi connectivity index (χ1n) is 6.90. The summed E-state index contributed by atoms with van der Waals surface area (Å²) in [4.78, 5) is 26.5. The van der Waals surface area contributed by atoms with E-state index in [1.807, 2.05) is 42.5 Å². The van der Waals surface area contributed by atoms with Gasteiger partial charge in [-0.15, -0.1) is 0 Å². The van der Waals surface area contributed by atoms with Gasteiger partial charge in [0.15, 0.2) is 0 Å². The molecule has 4 heteroatoms. The van der Waals surface area contributed by atoms with Crippen LogP contribution in [0.5, 0.6) is 0 Å². The largest absolute Gasteiger partial charge is 0.357 e. The number of hydrogen-bond acceptors (Lipinski definition) is 2. The lowest BCUT2D eigenvalue weighted by molar-refractivity contribution is -0.121. The van der Waals surface area contributed by atoms with Crippen LogP contribution in [-0.4, -0.2) is 24.9 Å². The van der Waals surface area contributed by atoms with Gasteiger partial charge in [-0.05, 0) is 23.8 Å². The third kappa shape index (κ3) is 2.29. The van der Waals surface area contributed by atoms with Crippen molar-refractivity contribution in [2.75, 3.05) is 11.9 Å². The van der Waals surface area contributed by atoms with Gasteiger partial charge in [0.2, 0.25) is 5.91 Å². The van der Waals surface area contributed by atoms with Crippen LogP contribution in [0.1, 0.15) is 15.9 Å². The van der Waals surface area contributed by atoms with Crippen molar-refractivity contribution in [3.8, 4) is 0 Å². The first kappa shape index (κ1) is 13.4. The maximum absolute atomic E-state index is 12.8. The van der Waals surface area contributed by atoms with Crippen molar-refractivity contribution in [1.82, 2.24) is 5.32 Å². The molecule has 1 atom stereocenters. The standard InChI is InChI=1S/C17H16N2O2/c1-18-16(20)15-11-13-9-5-6-10-14(13)19(15)17(21)12-7-3-2-4-8-12/h2-10,15H,11H2,1H3,(H,18,20)/t15-/m0/s1. The van der Waals surface area contributed by atoms with E-state index in [1.165, 1.54) is 0 Å². The van der Waals surface area contributed by atoms with E-state index in [4.69, 9.17) is 0 Å². The van der Waals surface area contributed by atoms with Gasteiger partial charge in [-0.3, -0.25) is 14.5 Å². The summed E-state index contributed by atoms with van der Waals surface area (Å²) in [5.41, 5.74) is 2.43. The van der Waals surface area contributed by atoms with Crippen molar-refractivity contribution < 1.29 is 9.59 Å². The minimum Gasteiger partial charge on any atom is -0.357 e. The molecule has 2 aromatic carbocycles. The van der Waals surface area contributed by atoms with E-state index in [0.717, 1.165) is 11.3 Å². The molecule has 4 nitrogen and oxygen atoms in total. The van der Waals surface area contributed by atoms with E-state index in [-0.39, 0.29) is 11.8 Å². The Morgan fingerprint density at radius 2 is 1.71 bits per heavy atom. The van der Waals surface area contributed by atoms with Crippen LogP contribution in [0.2, 0.25) is 0 Å². The Balaban J connectivity index is 2.03. The lowest BCUT2D eigenvalue weighted by Gasteiger charge is -2.24. The molecule has 3 rings (SSSR count). The van der Waals surface area contributed by atoms with Gasteiger partial charge in [0.25, 0.3) is 5.91 Å². The van der Waals surface area contributed by atoms with Crippen molar-refractivity contribution >= 4 is 17.5 Å². The van der Waals surface area contributed by atoms with Gasteiger partial charge in [0, 0.05) is 24.7 Å². The number of anilines is 1. The second kappa shape index (κ2) is 5.40. The van der Waals surface area contributed by atoms with E-state index in [1.54, 1.807) is 24.1 Å². The molecule has 106 valence electrons. The quantitative estimate of drug-likeness (QED) is 0.914. The van der Waals surface area contributed by atoms with Crippen molar-refractivity contribution in [3.05, 3.63) is 65.7 Å². The molecule has 0 bridgehead atoms. The monoisotopic (exact) mass is 280 g/mol. The third-order valence-electron chi connectivity index (χ3n) is 3.76. The Bertz CT molecular complexity index is 682. The Morgan fingerprint density at radius 1 is 1.05 bits per heavy atom. The summed E-state index contributed by atoms with van der Waals surface area (Å²) in [7, 11) is 1.59. The van der Waals surface area contributed by atoms with Crippen LogP contribution >= 0.6 is 0 Å². The summed E-state index contributed by atoms with van der Waals surface area (Å²) < 4.78 is 0. The van der Waals surface area contributed by atoms with E-state index in [0.29, 0.717) is 12.0 Å². The number of nitrogens with one attached hydrogen (secondary N) is 1. The molecule has 1 aliphatic heterocycles. The molecule has 0 spiro atoms.